The first-order chi connectivity index (χ1) is 8.49. The van der Waals surface area contributed by atoms with E-state index in [9.17, 15) is 9.59 Å². The smallest absolute Gasteiger partial charge is 0.321 e. The van der Waals surface area contributed by atoms with Crippen molar-refractivity contribution in [2.45, 2.75) is 13.0 Å². The summed E-state index contributed by atoms with van der Waals surface area (Å²) in [5, 5.41) is 3.05. The van der Waals surface area contributed by atoms with Crippen LogP contribution < -0.4 is 16.6 Å². The van der Waals surface area contributed by atoms with Crippen LogP contribution >= 0.6 is 12.4 Å². The van der Waals surface area contributed by atoms with Crippen molar-refractivity contribution in [3.63, 3.8) is 0 Å². The molecule has 0 radical (unpaired) electrons. The average molecular weight is 288 g/mol. The van der Waals surface area contributed by atoms with E-state index in [2.05, 4.69) is 10.3 Å². The summed E-state index contributed by atoms with van der Waals surface area (Å²) in [6.45, 7) is 2.71. The quantitative estimate of drug-likeness (QED) is 0.836. The molecule has 0 aliphatic rings. The highest BCUT2D eigenvalue weighted by molar-refractivity contribution is 5.85. The van der Waals surface area contributed by atoms with Gasteiger partial charge in [0, 0.05) is 26.7 Å². The third-order valence-electron chi connectivity index (χ3n) is 3.15. The van der Waals surface area contributed by atoms with E-state index < -0.39 is 0 Å². The third-order valence-corrected chi connectivity index (χ3v) is 3.15. The minimum atomic E-state index is -0.362. The lowest BCUT2D eigenvalue weighted by molar-refractivity contribution is 0.527. The van der Waals surface area contributed by atoms with Gasteiger partial charge in [0.1, 0.15) is 0 Å². The summed E-state index contributed by atoms with van der Waals surface area (Å²) in [5.41, 5.74) is 0.209. The molecule has 8 heteroatoms. The molecule has 1 atom stereocenters. The van der Waals surface area contributed by atoms with Crippen molar-refractivity contribution in [1.29, 1.82) is 0 Å². The fourth-order valence-electron chi connectivity index (χ4n) is 2.09. The van der Waals surface area contributed by atoms with E-state index >= 15 is 0 Å². The number of rotatable bonds is 3. The maximum absolute atomic E-state index is 12.2. The zero-order valence-corrected chi connectivity index (χ0v) is 12.2. The molecule has 2 heterocycles. The molecular formula is C11H18ClN5O2. The molecule has 0 bridgehead atoms. The number of likely N-dealkylation sites (N-methyl/N-ethyl adjacent to an activating group) is 1. The zero-order chi connectivity index (χ0) is 13.4. The van der Waals surface area contributed by atoms with Crippen LogP contribution in [0.3, 0.4) is 0 Å². The Hall–Kier alpha value is -1.60. The monoisotopic (exact) mass is 287 g/mol. The molecule has 1 N–H and O–H groups in total. The van der Waals surface area contributed by atoms with Crippen LogP contribution in [0.1, 0.15) is 13.0 Å². The minimum absolute atomic E-state index is 0. The molecule has 1 unspecified atom stereocenters. The van der Waals surface area contributed by atoms with Crippen LogP contribution in [-0.2, 0) is 14.1 Å². The molecule has 0 saturated carbocycles. The normalized spacial score (nSPS) is 12.4. The molecule has 7 nitrogen and oxygen atoms in total. The van der Waals surface area contributed by atoms with E-state index in [-0.39, 0.29) is 29.7 Å². The van der Waals surface area contributed by atoms with Crippen LogP contribution in [0, 0.1) is 0 Å². The van der Waals surface area contributed by atoms with Gasteiger partial charge in [0.2, 0.25) is 0 Å². The first-order valence-electron chi connectivity index (χ1n) is 5.76. The predicted octanol–water partition coefficient (Wildman–Crippen LogP) is -0.364. The van der Waals surface area contributed by atoms with Crippen LogP contribution in [0.2, 0.25) is 0 Å². The van der Waals surface area contributed by atoms with Gasteiger partial charge < -0.3 is 9.88 Å². The van der Waals surface area contributed by atoms with Gasteiger partial charge >= 0.3 is 5.69 Å². The molecule has 0 aliphatic heterocycles. The Bertz CT molecular complexity index is 699. The Labute approximate surface area is 116 Å². The van der Waals surface area contributed by atoms with Gasteiger partial charge in [-0.2, -0.15) is 0 Å². The Balaban J connectivity index is 0.00000180. The van der Waals surface area contributed by atoms with Gasteiger partial charge in [-0.25, -0.2) is 9.78 Å². The van der Waals surface area contributed by atoms with Gasteiger partial charge in [0.25, 0.3) is 5.56 Å². The molecular weight excluding hydrogens is 270 g/mol. The summed E-state index contributed by atoms with van der Waals surface area (Å²) in [6, 6.07) is 0.0882. The predicted molar refractivity (Wildman–Crippen MR) is 76.1 cm³/mol. The molecule has 19 heavy (non-hydrogen) atoms. The molecule has 106 valence electrons. The highest BCUT2D eigenvalue weighted by atomic mass is 35.5. The highest BCUT2D eigenvalue weighted by Gasteiger charge is 2.16. The maximum atomic E-state index is 12.2. The summed E-state index contributed by atoms with van der Waals surface area (Å²) in [7, 11) is 4.94. The highest BCUT2D eigenvalue weighted by Crippen LogP contribution is 2.11. The lowest BCUT2D eigenvalue weighted by Crippen LogP contribution is -2.38. The number of imidazole rings is 1. The minimum Gasteiger partial charge on any atom is -0.321 e. The second-order valence-electron chi connectivity index (χ2n) is 4.44. The summed E-state index contributed by atoms with van der Waals surface area (Å²) in [4.78, 5) is 28.1. The average Bonchev–Trinajstić information content (AvgIpc) is 2.79. The molecule has 2 aromatic heterocycles. The van der Waals surface area contributed by atoms with Crippen LogP contribution in [0.25, 0.3) is 11.2 Å². The first-order valence-corrected chi connectivity index (χ1v) is 5.76. The SMILES string of the molecule is CNCC(C)n1cnc2c1c(=O)n(C)c(=O)n2C.Cl. The van der Waals surface area contributed by atoms with Crippen LogP contribution in [-0.4, -0.2) is 32.3 Å². The van der Waals surface area contributed by atoms with E-state index in [1.807, 2.05) is 14.0 Å². The summed E-state index contributed by atoms with van der Waals surface area (Å²) in [5.74, 6) is 0. The lowest BCUT2D eigenvalue weighted by Gasteiger charge is -2.13. The molecule has 0 spiro atoms. The van der Waals surface area contributed by atoms with Crippen molar-refractivity contribution in [3.05, 3.63) is 27.2 Å². The first kappa shape index (κ1) is 15.5. The Kier molecular flexibility index (Phi) is 4.54. The van der Waals surface area contributed by atoms with E-state index in [4.69, 9.17) is 0 Å². The largest absolute Gasteiger partial charge is 0.332 e. The fraction of sp³-hybridized carbons (Fsp3) is 0.545. The Morgan fingerprint density at radius 3 is 2.53 bits per heavy atom. The number of nitrogens with zero attached hydrogens (tertiary/aromatic N) is 4. The number of hydrogen-bond acceptors (Lipinski definition) is 4. The van der Waals surface area contributed by atoms with Crippen LogP contribution in [0.4, 0.5) is 0 Å². The summed E-state index contributed by atoms with van der Waals surface area (Å²) < 4.78 is 4.29. The zero-order valence-electron chi connectivity index (χ0n) is 11.4. The second kappa shape index (κ2) is 5.58. The van der Waals surface area contributed by atoms with Crippen molar-refractivity contribution in [1.82, 2.24) is 24.0 Å². The molecule has 0 fully saturated rings. The van der Waals surface area contributed by atoms with Crippen molar-refractivity contribution in [3.8, 4) is 0 Å². The number of nitrogens with one attached hydrogen (secondary N) is 1. The van der Waals surface area contributed by atoms with Crippen LogP contribution in [0.15, 0.2) is 15.9 Å². The Morgan fingerprint density at radius 1 is 1.32 bits per heavy atom. The summed E-state index contributed by atoms with van der Waals surface area (Å²) >= 11 is 0. The molecule has 2 aromatic rings. The third kappa shape index (κ3) is 2.31. The number of aromatic nitrogens is 4. The summed E-state index contributed by atoms with van der Waals surface area (Å²) in [6.07, 6.45) is 1.60. The van der Waals surface area contributed by atoms with Gasteiger partial charge in [-0.1, -0.05) is 0 Å². The van der Waals surface area contributed by atoms with Gasteiger partial charge in [0.15, 0.2) is 11.2 Å². The number of hydrogen-bond donors (Lipinski definition) is 1. The van der Waals surface area contributed by atoms with E-state index in [1.54, 1.807) is 17.9 Å². The second-order valence-corrected chi connectivity index (χ2v) is 4.44. The number of halogens is 1. The molecule has 0 amide bonds. The molecule has 0 saturated heterocycles. The van der Waals surface area contributed by atoms with Gasteiger partial charge in [-0.3, -0.25) is 13.9 Å². The topological polar surface area (TPSA) is 73.8 Å². The van der Waals surface area contributed by atoms with Crippen molar-refractivity contribution in [2.75, 3.05) is 13.6 Å². The van der Waals surface area contributed by atoms with Gasteiger partial charge in [-0.15, -0.1) is 12.4 Å². The van der Waals surface area contributed by atoms with E-state index in [0.717, 1.165) is 11.1 Å². The van der Waals surface area contributed by atoms with E-state index in [1.165, 1.54) is 11.6 Å². The van der Waals surface area contributed by atoms with Gasteiger partial charge in [0.05, 0.1) is 6.33 Å². The fourth-order valence-corrected chi connectivity index (χ4v) is 2.09. The van der Waals surface area contributed by atoms with Gasteiger partial charge in [-0.05, 0) is 14.0 Å². The van der Waals surface area contributed by atoms with Crippen molar-refractivity contribution >= 4 is 23.6 Å². The number of fused-ring (bicyclic) bond motifs is 1. The molecule has 0 aliphatic carbocycles. The molecule has 0 aromatic carbocycles. The molecule has 2 rings (SSSR count). The maximum Gasteiger partial charge on any atom is 0.332 e. The Morgan fingerprint density at radius 2 is 1.95 bits per heavy atom. The number of aryl methyl sites for hydroxylation is 1. The van der Waals surface area contributed by atoms with Crippen molar-refractivity contribution in [2.24, 2.45) is 14.1 Å². The van der Waals surface area contributed by atoms with Crippen LogP contribution in [0.5, 0.6) is 0 Å². The van der Waals surface area contributed by atoms with E-state index in [0.29, 0.717) is 11.2 Å². The van der Waals surface area contributed by atoms with Crippen molar-refractivity contribution < 1.29 is 0 Å². The lowest BCUT2D eigenvalue weighted by atomic mass is 10.3. The standard InChI is InChI=1S/C11H17N5O2.ClH/c1-7(5-12-2)16-6-13-9-8(16)10(17)15(4)11(18)14(9)3;/h6-7,12H,5H2,1-4H3;1H.